The van der Waals surface area contributed by atoms with Crippen LogP contribution in [0.1, 0.15) is 21.7 Å². The van der Waals surface area contributed by atoms with Crippen LogP contribution < -0.4 is 10.9 Å². The molecular weight excluding hydrogens is 256 g/mol. The molecule has 0 spiro atoms. The summed E-state index contributed by atoms with van der Waals surface area (Å²) in [5.74, 6) is -0.797. The fourth-order valence-corrected chi connectivity index (χ4v) is 1.57. The van der Waals surface area contributed by atoms with Crippen LogP contribution in [0.15, 0.2) is 53.2 Å². The molecule has 1 aromatic carbocycles. The molecular formula is C15H14N2O3. The lowest BCUT2D eigenvalue weighted by molar-refractivity contribution is -0.117. The van der Waals surface area contributed by atoms with Crippen LogP contribution in [0.25, 0.3) is 6.08 Å². The van der Waals surface area contributed by atoms with Crippen LogP contribution in [0, 0.1) is 6.92 Å². The van der Waals surface area contributed by atoms with E-state index in [2.05, 4.69) is 10.9 Å². The Labute approximate surface area is 116 Å². The summed E-state index contributed by atoms with van der Waals surface area (Å²) in [4.78, 5) is 23.1. The first-order chi connectivity index (χ1) is 9.66. The van der Waals surface area contributed by atoms with Gasteiger partial charge in [0.15, 0.2) is 5.76 Å². The minimum absolute atomic E-state index is 0.133. The van der Waals surface area contributed by atoms with E-state index in [9.17, 15) is 9.59 Å². The standard InChI is InChI=1S/C15H14N2O3/c1-11-5-2-3-6-12(11)8-9-14(18)16-17-15(19)13-7-4-10-20-13/h2-10H,1H3,(H,16,18)(H,17,19). The highest BCUT2D eigenvalue weighted by Gasteiger charge is 2.07. The zero-order chi connectivity index (χ0) is 14.4. The number of amides is 2. The van der Waals surface area contributed by atoms with E-state index in [0.717, 1.165) is 11.1 Å². The highest BCUT2D eigenvalue weighted by atomic mass is 16.3. The van der Waals surface area contributed by atoms with Gasteiger partial charge in [-0.25, -0.2) is 0 Å². The maximum Gasteiger partial charge on any atom is 0.305 e. The van der Waals surface area contributed by atoms with Crippen molar-refractivity contribution in [3.8, 4) is 0 Å². The average molecular weight is 270 g/mol. The molecule has 0 aliphatic carbocycles. The molecule has 0 bridgehead atoms. The van der Waals surface area contributed by atoms with E-state index in [1.807, 2.05) is 31.2 Å². The Bertz CT molecular complexity index is 630. The SMILES string of the molecule is Cc1ccccc1C=CC(=O)NNC(=O)c1ccco1. The number of carbonyl (C=O) groups is 2. The molecule has 2 amide bonds. The van der Waals surface area contributed by atoms with Gasteiger partial charge in [-0.1, -0.05) is 24.3 Å². The van der Waals surface area contributed by atoms with Crippen molar-refractivity contribution in [3.63, 3.8) is 0 Å². The summed E-state index contributed by atoms with van der Waals surface area (Å²) in [6.45, 7) is 1.95. The highest BCUT2D eigenvalue weighted by molar-refractivity contribution is 5.96. The zero-order valence-electron chi connectivity index (χ0n) is 10.9. The molecule has 0 atom stereocenters. The highest BCUT2D eigenvalue weighted by Crippen LogP contribution is 2.08. The Balaban J connectivity index is 1.87. The molecule has 2 N–H and O–H groups in total. The van der Waals surface area contributed by atoms with Gasteiger partial charge in [-0.15, -0.1) is 0 Å². The molecule has 2 aromatic rings. The molecule has 0 aliphatic heterocycles. The van der Waals surface area contributed by atoms with E-state index in [4.69, 9.17) is 4.42 Å². The summed E-state index contributed by atoms with van der Waals surface area (Å²) in [6, 6.07) is 10.8. The molecule has 0 fully saturated rings. The van der Waals surface area contributed by atoms with Gasteiger partial charge in [-0.2, -0.15) is 0 Å². The molecule has 0 aliphatic rings. The van der Waals surface area contributed by atoms with E-state index in [0.29, 0.717) is 0 Å². The van der Waals surface area contributed by atoms with Gasteiger partial charge in [0.25, 0.3) is 5.91 Å². The molecule has 1 aromatic heterocycles. The first kappa shape index (κ1) is 13.6. The number of carbonyl (C=O) groups excluding carboxylic acids is 2. The van der Waals surface area contributed by atoms with Crippen molar-refractivity contribution in [2.45, 2.75) is 6.92 Å². The van der Waals surface area contributed by atoms with E-state index in [-0.39, 0.29) is 5.76 Å². The Kier molecular flexibility index (Phi) is 4.34. The van der Waals surface area contributed by atoms with E-state index >= 15 is 0 Å². The minimum Gasteiger partial charge on any atom is -0.459 e. The van der Waals surface area contributed by atoms with E-state index in [1.54, 1.807) is 12.1 Å². The van der Waals surface area contributed by atoms with E-state index in [1.165, 1.54) is 18.4 Å². The lowest BCUT2D eigenvalue weighted by Crippen LogP contribution is -2.40. The number of benzene rings is 1. The second-order valence-corrected chi connectivity index (χ2v) is 4.11. The van der Waals surface area contributed by atoms with Crippen LogP contribution in [0.2, 0.25) is 0 Å². The van der Waals surface area contributed by atoms with Gasteiger partial charge in [-0.05, 0) is 36.3 Å². The summed E-state index contributed by atoms with van der Waals surface area (Å²) in [5.41, 5.74) is 6.54. The van der Waals surface area contributed by atoms with Crippen molar-refractivity contribution in [1.82, 2.24) is 10.9 Å². The van der Waals surface area contributed by atoms with Gasteiger partial charge in [0, 0.05) is 6.08 Å². The molecule has 5 nitrogen and oxygen atoms in total. The molecule has 0 saturated heterocycles. The zero-order valence-corrected chi connectivity index (χ0v) is 10.9. The molecule has 5 heteroatoms. The van der Waals surface area contributed by atoms with Crippen molar-refractivity contribution in [2.75, 3.05) is 0 Å². The molecule has 20 heavy (non-hydrogen) atoms. The molecule has 2 rings (SSSR count). The smallest absolute Gasteiger partial charge is 0.305 e. The number of nitrogens with one attached hydrogen (secondary N) is 2. The predicted molar refractivity (Wildman–Crippen MR) is 74.5 cm³/mol. The van der Waals surface area contributed by atoms with E-state index < -0.39 is 11.8 Å². The second kappa shape index (κ2) is 6.38. The normalized spacial score (nSPS) is 10.4. The van der Waals surface area contributed by atoms with Gasteiger partial charge < -0.3 is 4.42 Å². The molecule has 102 valence electrons. The van der Waals surface area contributed by atoms with Crippen molar-refractivity contribution < 1.29 is 14.0 Å². The maximum absolute atomic E-state index is 11.6. The van der Waals surface area contributed by atoms with Crippen LogP contribution in [0.5, 0.6) is 0 Å². The van der Waals surface area contributed by atoms with Crippen LogP contribution in [-0.2, 0) is 4.79 Å². The van der Waals surface area contributed by atoms with Gasteiger partial charge in [0.2, 0.25) is 0 Å². The monoisotopic (exact) mass is 270 g/mol. The fraction of sp³-hybridized carbons (Fsp3) is 0.0667. The summed E-state index contributed by atoms with van der Waals surface area (Å²) in [5, 5.41) is 0. The Hall–Kier alpha value is -2.82. The third kappa shape index (κ3) is 3.58. The first-order valence-corrected chi connectivity index (χ1v) is 6.04. The summed E-state index contributed by atoms with van der Waals surface area (Å²) >= 11 is 0. The van der Waals surface area contributed by atoms with Gasteiger partial charge in [0.05, 0.1) is 6.26 Å². The maximum atomic E-state index is 11.6. The summed E-state index contributed by atoms with van der Waals surface area (Å²) in [6.07, 6.45) is 4.42. The number of hydrogen-bond acceptors (Lipinski definition) is 3. The third-order valence-electron chi connectivity index (χ3n) is 2.65. The molecule has 1 heterocycles. The van der Waals surface area contributed by atoms with Crippen LogP contribution in [-0.4, -0.2) is 11.8 Å². The average Bonchev–Trinajstić information content (AvgIpc) is 2.98. The summed E-state index contributed by atoms with van der Waals surface area (Å²) in [7, 11) is 0. The Morgan fingerprint density at radius 2 is 1.90 bits per heavy atom. The van der Waals surface area contributed by atoms with Crippen LogP contribution in [0.4, 0.5) is 0 Å². The lowest BCUT2D eigenvalue weighted by atomic mass is 10.1. The quantitative estimate of drug-likeness (QED) is 0.662. The number of furan rings is 1. The number of aryl methyl sites for hydroxylation is 1. The molecule has 0 unspecified atom stereocenters. The van der Waals surface area contributed by atoms with Crippen molar-refractivity contribution in [2.24, 2.45) is 0 Å². The topological polar surface area (TPSA) is 71.3 Å². The van der Waals surface area contributed by atoms with Gasteiger partial charge >= 0.3 is 5.91 Å². The second-order valence-electron chi connectivity index (χ2n) is 4.11. The molecule has 0 radical (unpaired) electrons. The largest absolute Gasteiger partial charge is 0.459 e. The van der Waals surface area contributed by atoms with Crippen LogP contribution in [0.3, 0.4) is 0 Å². The minimum atomic E-state index is -0.507. The summed E-state index contributed by atoms with van der Waals surface area (Å²) < 4.78 is 4.89. The molecule has 0 saturated carbocycles. The lowest BCUT2D eigenvalue weighted by Gasteiger charge is -2.03. The number of hydrazine groups is 1. The third-order valence-corrected chi connectivity index (χ3v) is 2.65. The first-order valence-electron chi connectivity index (χ1n) is 6.04. The van der Waals surface area contributed by atoms with Gasteiger partial charge in [-0.3, -0.25) is 20.4 Å². The van der Waals surface area contributed by atoms with Crippen molar-refractivity contribution >= 4 is 17.9 Å². The fourth-order valence-electron chi connectivity index (χ4n) is 1.57. The van der Waals surface area contributed by atoms with Gasteiger partial charge in [0.1, 0.15) is 0 Å². The number of rotatable bonds is 3. The number of hydrogen-bond donors (Lipinski definition) is 2. The Morgan fingerprint density at radius 1 is 1.10 bits per heavy atom. The van der Waals surface area contributed by atoms with Crippen molar-refractivity contribution in [1.29, 1.82) is 0 Å². The Morgan fingerprint density at radius 3 is 2.60 bits per heavy atom. The predicted octanol–water partition coefficient (Wildman–Crippen LogP) is 2.06. The van der Waals surface area contributed by atoms with Crippen LogP contribution >= 0.6 is 0 Å². The van der Waals surface area contributed by atoms with Crippen molar-refractivity contribution in [3.05, 3.63) is 65.6 Å².